The lowest BCUT2D eigenvalue weighted by Crippen LogP contribution is -2.70. The molecule has 0 spiro atoms. The molecular formula is C35H61NO27. The normalized spacial score (nSPS) is 44.2. The van der Waals surface area contributed by atoms with Crippen LogP contribution in [0, 0.1) is 0 Å². The maximum atomic E-state index is 13.5. The molecule has 28 heteroatoms. The van der Waals surface area contributed by atoms with Crippen molar-refractivity contribution < 1.29 is 134 Å². The van der Waals surface area contributed by atoms with Crippen molar-refractivity contribution in [2.24, 2.45) is 0 Å². The number of rotatable bonds is 19. The van der Waals surface area contributed by atoms with E-state index in [4.69, 9.17) is 37.9 Å². The quantitative estimate of drug-likeness (QED) is 0.0572. The summed E-state index contributed by atoms with van der Waals surface area (Å²) in [6.45, 7) is -0.968. The predicted molar refractivity (Wildman–Crippen MR) is 195 cm³/mol. The highest BCUT2D eigenvalue weighted by atomic mass is 16.8. The molecule has 0 aliphatic carbocycles. The van der Waals surface area contributed by atoms with Crippen LogP contribution in [0.4, 0.5) is 0 Å². The Morgan fingerprint density at radius 1 is 0.683 bits per heavy atom. The summed E-state index contributed by atoms with van der Waals surface area (Å²) in [5.41, 5.74) is 0. The van der Waals surface area contributed by atoms with Crippen molar-refractivity contribution in [3.8, 4) is 0 Å². The Morgan fingerprint density at radius 3 is 1.70 bits per heavy atom. The van der Waals surface area contributed by atoms with Crippen LogP contribution in [0.25, 0.3) is 0 Å². The minimum atomic E-state index is -3.37. The van der Waals surface area contributed by atoms with Gasteiger partial charge in [-0.15, -0.1) is 0 Å². The van der Waals surface area contributed by atoms with Crippen LogP contribution in [-0.2, 0) is 47.5 Å². The van der Waals surface area contributed by atoms with Gasteiger partial charge in [-0.1, -0.05) is 0 Å². The Labute approximate surface area is 357 Å². The van der Waals surface area contributed by atoms with E-state index in [1.807, 2.05) is 0 Å². The summed E-state index contributed by atoms with van der Waals surface area (Å²) in [4.78, 5) is 25.4. The average Bonchev–Trinajstić information content (AvgIpc) is 3.25. The maximum absolute atomic E-state index is 13.5. The van der Waals surface area contributed by atoms with Crippen LogP contribution in [0.5, 0.6) is 0 Å². The maximum Gasteiger partial charge on any atom is 0.364 e. The molecule has 0 bridgehead atoms. The number of amides is 1. The highest BCUT2D eigenvalue weighted by Gasteiger charge is 2.62. The number of carbonyl (C=O) groups is 2. The Bertz CT molecular complexity index is 1450. The first-order valence-corrected chi connectivity index (χ1v) is 19.9. The molecule has 0 aromatic heterocycles. The van der Waals surface area contributed by atoms with Gasteiger partial charge in [-0.2, -0.15) is 0 Å². The number of carboxylic acid groups (broad SMARTS) is 1. The fraction of sp³-hybridized carbons (Fsp3) is 0.943. The van der Waals surface area contributed by atoms with Crippen molar-refractivity contribution in [1.29, 1.82) is 0 Å². The van der Waals surface area contributed by atoms with E-state index in [1.165, 1.54) is 13.8 Å². The smallest absolute Gasteiger partial charge is 0.364 e. The van der Waals surface area contributed by atoms with Gasteiger partial charge in [0.1, 0.15) is 104 Å². The lowest BCUT2D eigenvalue weighted by Gasteiger charge is -2.52. The minimum absolute atomic E-state index is 0.803. The monoisotopic (exact) mass is 927 g/mol. The van der Waals surface area contributed by atoms with Gasteiger partial charge in [0, 0.05) is 13.3 Å². The lowest BCUT2D eigenvalue weighted by molar-refractivity contribution is -0.406. The number of hydrogen-bond acceptors (Lipinski definition) is 26. The molecule has 4 heterocycles. The number of hydrogen-bond donors (Lipinski definition) is 18. The zero-order valence-electron chi connectivity index (χ0n) is 34.1. The van der Waals surface area contributed by atoms with Gasteiger partial charge in [0.15, 0.2) is 18.9 Å². The Morgan fingerprint density at radius 2 is 1.22 bits per heavy atom. The molecular weight excluding hydrogens is 866 g/mol. The number of aliphatic hydroxyl groups excluding tert-OH is 16. The molecule has 0 radical (unpaired) electrons. The van der Waals surface area contributed by atoms with Crippen LogP contribution < -0.4 is 5.32 Å². The van der Waals surface area contributed by atoms with E-state index >= 15 is 0 Å². The number of carbonyl (C=O) groups excluding carboxylic acids is 1. The fourth-order valence-electron chi connectivity index (χ4n) is 7.56. The second-order valence-electron chi connectivity index (χ2n) is 15.8. The van der Waals surface area contributed by atoms with Crippen LogP contribution in [0.2, 0.25) is 0 Å². The standard InChI is InChI=1S/C35H61NO27/c1-9-17(44)22(49)24(51)31(56-9)58-15-4-35(34(54)55,63-30(20(47)14(43)7-39)28(15)61-32-25(52)23(50)18(45)10(2)57-32)62-29-21(48)16(8-40)59-33(26(29)53)60-27(19(46)13(42)6-38)12(5-37)36-11(3)41/h9-10,12-33,37-40,42-53H,4-8H2,1-3H3,(H,36,41)(H,54,55)/t9-,10-,12-,13+,14+,15-,16+,17+,18+,19-,20+,21-,22+,23+,24-,25-,26+,27+,28+,29-,30-,31-,32-,33-,35+/m0/s1. The molecule has 25 atom stereocenters. The summed E-state index contributed by atoms with van der Waals surface area (Å²) in [6, 6.07) is -1.62. The number of aliphatic hydroxyl groups is 16. The van der Waals surface area contributed by atoms with Gasteiger partial charge >= 0.3 is 5.97 Å². The minimum Gasteiger partial charge on any atom is -0.477 e. The molecule has 4 aliphatic rings. The molecule has 63 heavy (non-hydrogen) atoms. The van der Waals surface area contributed by atoms with Gasteiger partial charge in [-0.25, -0.2) is 4.79 Å². The van der Waals surface area contributed by atoms with Gasteiger partial charge in [-0.05, 0) is 13.8 Å². The molecule has 4 fully saturated rings. The van der Waals surface area contributed by atoms with E-state index in [2.05, 4.69) is 5.32 Å². The van der Waals surface area contributed by atoms with Crippen LogP contribution in [-0.4, -0.2) is 278 Å². The first-order chi connectivity index (χ1) is 29.5. The van der Waals surface area contributed by atoms with Gasteiger partial charge in [0.2, 0.25) is 5.91 Å². The van der Waals surface area contributed by atoms with Crippen molar-refractivity contribution in [2.75, 3.05) is 26.4 Å². The second kappa shape index (κ2) is 22.6. The predicted octanol–water partition coefficient (Wildman–Crippen LogP) is -10.9. The number of aliphatic carboxylic acids is 1. The van der Waals surface area contributed by atoms with Gasteiger partial charge < -0.3 is 130 Å². The number of nitrogens with one attached hydrogen (secondary N) is 1. The topological polar surface area (TPSA) is 464 Å². The summed E-state index contributed by atoms with van der Waals surface area (Å²) in [7, 11) is 0. The third-order valence-electron chi connectivity index (χ3n) is 11.3. The van der Waals surface area contributed by atoms with Crippen molar-refractivity contribution in [2.45, 2.75) is 180 Å². The first kappa shape index (κ1) is 53.6. The van der Waals surface area contributed by atoms with Crippen molar-refractivity contribution >= 4 is 11.9 Å². The highest BCUT2D eigenvalue weighted by molar-refractivity contribution is 5.76. The Hall–Kier alpha value is -2.02. The van der Waals surface area contributed by atoms with Crippen LogP contribution >= 0.6 is 0 Å². The van der Waals surface area contributed by atoms with E-state index in [1.54, 1.807) is 0 Å². The van der Waals surface area contributed by atoms with Gasteiger partial charge in [-0.3, -0.25) is 4.79 Å². The summed E-state index contributed by atoms with van der Waals surface area (Å²) in [5, 5.41) is 182. The molecule has 1 amide bonds. The zero-order valence-corrected chi connectivity index (χ0v) is 34.1. The fourth-order valence-corrected chi connectivity index (χ4v) is 7.56. The van der Waals surface area contributed by atoms with E-state index < -0.39 is 198 Å². The van der Waals surface area contributed by atoms with E-state index in [0.29, 0.717) is 0 Å². The molecule has 0 saturated carbocycles. The van der Waals surface area contributed by atoms with Gasteiger partial charge in [0.25, 0.3) is 5.79 Å². The van der Waals surface area contributed by atoms with Crippen LogP contribution in [0.3, 0.4) is 0 Å². The number of ether oxygens (including phenoxy) is 8. The number of carboxylic acids is 1. The van der Waals surface area contributed by atoms with Gasteiger partial charge in [0.05, 0.1) is 50.8 Å². The molecule has 0 unspecified atom stereocenters. The van der Waals surface area contributed by atoms with Crippen LogP contribution in [0.1, 0.15) is 27.2 Å². The summed E-state index contributed by atoms with van der Waals surface area (Å²) in [6.07, 6.45) is -47.8. The third kappa shape index (κ3) is 11.8. The molecule has 0 aromatic rings. The summed E-state index contributed by atoms with van der Waals surface area (Å²) < 4.78 is 45.7. The molecule has 4 rings (SSSR count). The Balaban J connectivity index is 1.83. The van der Waals surface area contributed by atoms with Crippen molar-refractivity contribution in [3.63, 3.8) is 0 Å². The highest BCUT2D eigenvalue weighted by Crippen LogP contribution is 2.42. The molecule has 4 saturated heterocycles. The SMILES string of the molecule is CC(=O)N[C@@H](CO)[C@@H](O[C@@H]1O[C@H](CO)[C@H](O)[C@H](O[C@]2(C(=O)O)C[C@H](O[C@@H]3O[C@@H](C)[C@@H](O)[C@@H](O)[C@@H]3O)[C@@H](O[C@@H]3O[C@@H](C)[C@@H](O)[C@@H](O)[C@@H]3O)[C@H]([C@H](O)[C@H](O)CO)O2)[C@H]1O)[C@@H](O)[C@H](O)CO. The summed E-state index contributed by atoms with van der Waals surface area (Å²) in [5.74, 6) is -6.33. The largest absolute Gasteiger partial charge is 0.477 e. The third-order valence-corrected chi connectivity index (χ3v) is 11.3. The van der Waals surface area contributed by atoms with E-state index in [-0.39, 0.29) is 0 Å². The molecule has 0 aromatic carbocycles. The molecule has 18 N–H and O–H groups in total. The van der Waals surface area contributed by atoms with E-state index in [9.17, 15) is 96.4 Å². The molecule has 368 valence electrons. The second-order valence-corrected chi connectivity index (χ2v) is 15.8. The van der Waals surface area contributed by atoms with Crippen molar-refractivity contribution in [3.05, 3.63) is 0 Å². The van der Waals surface area contributed by atoms with Crippen molar-refractivity contribution in [1.82, 2.24) is 5.32 Å². The van der Waals surface area contributed by atoms with E-state index in [0.717, 1.165) is 6.92 Å². The molecule has 4 aliphatic heterocycles. The Kier molecular flexibility index (Phi) is 19.3. The molecule has 28 nitrogen and oxygen atoms in total. The first-order valence-electron chi connectivity index (χ1n) is 19.9. The van der Waals surface area contributed by atoms with Crippen LogP contribution in [0.15, 0.2) is 0 Å². The average molecular weight is 928 g/mol. The zero-order chi connectivity index (χ0) is 47.4. The lowest BCUT2D eigenvalue weighted by atomic mass is 9.89. The summed E-state index contributed by atoms with van der Waals surface area (Å²) >= 11 is 0.